The number of ether oxygens (including phenoxy) is 2. The van der Waals surface area contributed by atoms with Gasteiger partial charge in [-0.1, -0.05) is 18.7 Å². The van der Waals surface area contributed by atoms with Crippen molar-refractivity contribution in [2.45, 2.75) is 51.4 Å². The number of aromatic amines is 1. The van der Waals surface area contributed by atoms with Gasteiger partial charge in [-0.3, -0.25) is 4.79 Å². The Balaban J connectivity index is 1.74. The van der Waals surface area contributed by atoms with Crippen molar-refractivity contribution in [3.8, 4) is 17.0 Å². The molecule has 1 aromatic carbocycles. The number of hydrogen-bond donors (Lipinski definition) is 3. The van der Waals surface area contributed by atoms with Crippen LogP contribution in [-0.4, -0.2) is 51.6 Å². The molecule has 2 aromatic heterocycles. The largest absolute Gasteiger partial charge is 0.507 e. The second kappa shape index (κ2) is 10.1. The number of aromatic nitrogens is 3. The van der Waals surface area contributed by atoms with Crippen molar-refractivity contribution in [3.63, 3.8) is 0 Å². The first kappa shape index (κ1) is 22.9. The van der Waals surface area contributed by atoms with Crippen molar-refractivity contribution in [3.05, 3.63) is 54.2 Å². The summed E-state index contributed by atoms with van der Waals surface area (Å²) in [6, 6.07) is 8.91. The molecule has 0 bridgehead atoms. The van der Waals surface area contributed by atoms with Crippen molar-refractivity contribution < 1.29 is 19.4 Å². The summed E-state index contributed by atoms with van der Waals surface area (Å²) in [6.45, 7) is 9.02. The molecule has 1 fully saturated rings. The molecule has 1 amide bonds. The summed E-state index contributed by atoms with van der Waals surface area (Å²) in [6.07, 6.45) is 2.87. The van der Waals surface area contributed by atoms with Gasteiger partial charge in [-0.2, -0.15) is 0 Å². The van der Waals surface area contributed by atoms with Gasteiger partial charge in [0, 0.05) is 34.7 Å². The molecule has 3 N–H and O–H groups in total. The van der Waals surface area contributed by atoms with Gasteiger partial charge in [0.15, 0.2) is 5.65 Å². The maximum atomic E-state index is 11.9. The Bertz CT molecular complexity index is 1140. The third-order valence-corrected chi connectivity index (χ3v) is 5.88. The zero-order valence-corrected chi connectivity index (χ0v) is 19.0. The summed E-state index contributed by atoms with van der Waals surface area (Å²) >= 11 is 0. The number of rotatable bonds is 7. The lowest BCUT2D eigenvalue weighted by Crippen LogP contribution is -2.37. The molecule has 1 aliphatic heterocycles. The lowest BCUT2D eigenvalue weighted by Gasteiger charge is -2.20. The monoisotopic (exact) mass is 450 g/mol. The van der Waals surface area contributed by atoms with Crippen LogP contribution in [0, 0.1) is 0 Å². The molecule has 3 heterocycles. The minimum absolute atomic E-state index is 0.0623. The van der Waals surface area contributed by atoms with Crippen molar-refractivity contribution in [1.29, 1.82) is 0 Å². The van der Waals surface area contributed by atoms with Gasteiger partial charge in [-0.15, -0.1) is 10.2 Å². The second-order valence-corrected chi connectivity index (χ2v) is 8.59. The topological polar surface area (TPSA) is 109 Å². The molecule has 0 unspecified atom stereocenters. The van der Waals surface area contributed by atoms with Crippen LogP contribution in [0.4, 0.5) is 0 Å². The average molecular weight is 451 g/mol. The van der Waals surface area contributed by atoms with Crippen LogP contribution in [0.3, 0.4) is 0 Å². The minimum Gasteiger partial charge on any atom is -0.507 e. The maximum absolute atomic E-state index is 11.9. The number of nitrogens with one attached hydrogen (secondary N) is 2. The highest BCUT2D eigenvalue weighted by Crippen LogP contribution is 2.36. The standard InChI is InChI=1S/C25H30N4O4/c1-4-23(31)26-17-11-16(9-10-32-13-17)24-20(14-33-15(2)3)19-12-21(28-29-25(19)27-24)18-7-5-6-8-22(18)30/h4-8,12,15-17,30H,1,9-11,13-14H2,2-3H3,(H,26,31)(H,27,29)/t16-,17+/m0/s1. The molecule has 2 atom stereocenters. The van der Waals surface area contributed by atoms with Gasteiger partial charge in [-0.05, 0) is 51.0 Å². The molecule has 174 valence electrons. The molecule has 1 aliphatic rings. The summed E-state index contributed by atoms with van der Waals surface area (Å²) in [5.41, 5.74) is 3.93. The Hall–Kier alpha value is -3.23. The van der Waals surface area contributed by atoms with E-state index in [2.05, 4.69) is 27.1 Å². The smallest absolute Gasteiger partial charge is 0.243 e. The van der Waals surface area contributed by atoms with Crippen molar-refractivity contribution in [2.75, 3.05) is 13.2 Å². The summed E-state index contributed by atoms with van der Waals surface area (Å²) < 4.78 is 11.8. The molecule has 1 saturated heterocycles. The van der Waals surface area contributed by atoms with E-state index in [1.807, 2.05) is 32.0 Å². The van der Waals surface area contributed by atoms with Crippen LogP contribution < -0.4 is 5.32 Å². The van der Waals surface area contributed by atoms with E-state index in [1.54, 1.807) is 12.1 Å². The summed E-state index contributed by atoms with van der Waals surface area (Å²) in [4.78, 5) is 15.3. The number of nitrogens with zero attached hydrogens (tertiary/aromatic N) is 2. The number of carbonyl (C=O) groups excluding carboxylic acids is 1. The Morgan fingerprint density at radius 2 is 2.21 bits per heavy atom. The van der Waals surface area contributed by atoms with Crippen molar-refractivity contribution in [1.82, 2.24) is 20.5 Å². The zero-order chi connectivity index (χ0) is 23.4. The molecule has 33 heavy (non-hydrogen) atoms. The Labute approximate surface area is 193 Å². The number of H-pyrrole nitrogens is 1. The molecule has 0 spiro atoms. The number of aromatic hydroxyl groups is 1. The van der Waals surface area contributed by atoms with Crippen molar-refractivity contribution >= 4 is 16.9 Å². The Morgan fingerprint density at radius 1 is 1.39 bits per heavy atom. The van der Waals surface area contributed by atoms with Gasteiger partial charge < -0.3 is 24.9 Å². The van der Waals surface area contributed by atoms with Crippen LogP contribution in [0.2, 0.25) is 0 Å². The van der Waals surface area contributed by atoms with Crippen molar-refractivity contribution in [2.24, 2.45) is 0 Å². The lowest BCUT2D eigenvalue weighted by atomic mass is 9.91. The fourth-order valence-electron chi connectivity index (χ4n) is 4.24. The highest BCUT2D eigenvalue weighted by Gasteiger charge is 2.27. The van der Waals surface area contributed by atoms with E-state index in [0.717, 1.165) is 29.5 Å². The molecular weight excluding hydrogens is 420 g/mol. The molecule has 0 radical (unpaired) electrons. The molecule has 8 nitrogen and oxygen atoms in total. The van der Waals surface area contributed by atoms with E-state index >= 15 is 0 Å². The van der Waals surface area contributed by atoms with Crippen LogP contribution in [0.1, 0.15) is 43.9 Å². The van der Waals surface area contributed by atoms with Gasteiger partial charge in [0.1, 0.15) is 5.75 Å². The van der Waals surface area contributed by atoms with Crippen LogP contribution in [0.25, 0.3) is 22.3 Å². The number of benzene rings is 1. The molecule has 0 aliphatic carbocycles. The van der Waals surface area contributed by atoms with Gasteiger partial charge in [-0.25, -0.2) is 0 Å². The van der Waals surface area contributed by atoms with E-state index in [9.17, 15) is 9.90 Å². The first-order chi connectivity index (χ1) is 16.0. The second-order valence-electron chi connectivity index (χ2n) is 8.59. The van der Waals surface area contributed by atoms with Crippen LogP contribution >= 0.6 is 0 Å². The van der Waals surface area contributed by atoms with E-state index in [-0.39, 0.29) is 29.7 Å². The number of fused-ring (bicyclic) bond motifs is 1. The quantitative estimate of drug-likeness (QED) is 0.472. The zero-order valence-electron chi connectivity index (χ0n) is 19.0. The Kier molecular flexibility index (Phi) is 7.05. The molecule has 4 rings (SSSR count). The predicted octanol–water partition coefficient (Wildman–Crippen LogP) is 3.82. The van der Waals surface area contributed by atoms with Gasteiger partial charge >= 0.3 is 0 Å². The normalized spacial score (nSPS) is 18.9. The SMILES string of the molecule is C=CC(=O)N[C@H]1COCC[C@H](c2[nH]c3nnc(-c4ccccc4O)cc3c2COC(C)C)C1. The highest BCUT2D eigenvalue weighted by molar-refractivity contribution is 5.87. The van der Waals surface area contributed by atoms with Gasteiger partial charge in [0.25, 0.3) is 0 Å². The van der Waals surface area contributed by atoms with E-state index in [0.29, 0.717) is 36.7 Å². The average Bonchev–Trinajstić information content (AvgIpc) is 3.00. The highest BCUT2D eigenvalue weighted by atomic mass is 16.5. The number of amides is 1. The predicted molar refractivity (Wildman–Crippen MR) is 126 cm³/mol. The van der Waals surface area contributed by atoms with Crippen LogP contribution in [-0.2, 0) is 20.9 Å². The van der Waals surface area contributed by atoms with E-state index in [1.165, 1.54) is 6.08 Å². The van der Waals surface area contributed by atoms with E-state index < -0.39 is 0 Å². The molecule has 8 heteroatoms. The number of phenols is 1. The van der Waals surface area contributed by atoms with Gasteiger partial charge in [0.05, 0.1) is 31.1 Å². The third kappa shape index (κ3) is 5.23. The van der Waals surface area contributed by atoms with Crippen LogP contribution in [0.15, 0.2) is 43.0 Å². The number of phenolic OH excluding ortho intramolecular Hbond substituents is 1. The molecule has 3 aromatic rings. The minimum atomic E-state index is -0.206. The molecular formula is C25H30N4O4. The number of hydrogen-bond acceptors (Lipinski definition) is 6. The number of para-hydroxylation sites is 1. The Morgan fingerprint density at radius 3 is 2.97 bits per heavy atom. The summed E-state index contributed by atoms with van der Waals surface area (Å²) in [5.74, 6) is 0.0715. The van der Waals surface area contributed by atoms with E-state index in [4.69, 9.17) is 9.47 Å². The fourth-order valence-corrected chi connectivity index (χ4v) is 4.24. The number of carbonyl (C=O) groups is 1. The fraction of sp³-hybridized carbons (Fsp3) is 0.400. The van der Waals surface area contributed by atoms with Gasteiger partial charge in [0.2, 0.25) is 5.91 Å². The maximum Gasteiger partial charge on any atom is 0.243 e. The third-order valence-electron chi connectivity index (χ3n) is 5.88. The first-order valence-electron chi connectivity index (χ1n) is 11.2. The molecule has 0 saturated carbocycles. The summed E-state index contributed by atoms with van der Waals surface area (Å²) in [7, 11) is 0. The lowest BCUT2D eigenvalue weighted by molar-refractivity contribution is -0.117. The van der Waals surface area contributed by atoms with Crippen LogP contribution in [0.5, 0.6) is 5.75 Å². The first-order valence-corrected chi connectivity index (χ1v) is 11.2. The summed E-state index contributed by atoms with van der Waals surface area (Å²) in [5, 5.41) is 22.9.